The van der Waals surface area contributed by atoms with E-state index in [4.69, 9.17) is 5.11 Å². The quantitative estimate of drug-likeness (QED) is 0.143. The predicted molar refractivity (Wildman–Crippen MR) is 7.12 cm³/mol. The van der Waals surface area contributed by atoms with Crippen LogP contribution in [0.2, 0.25) is 0 Å². The fraction of sp³-hybridized carbons (Fsp3) is 1.00. The molecule has 0 saturated carbocycles. The third-order valence-corrected chi connectivity index (χ3v) is 0.226. The molecule has 1 aliphatic heterocycles. The molecule has 30 valence electrons. The predicted octanol–water partition coefficient (Wildman–Crippen LogP) is -5.08. The topological polar surface area (TPSA) is 68.3 Å². The zero-order chi connectivity index (χ0) is 3.91. The van der Waals surface area contributed by atoms with Gasteiger partial charge in [0.1, 0.15) is 0 Å². The van der Waals surface area contributed by atoms with E-state index in [9.17, 15) is 5.11 Å². The standard InChI is InChI=1S/CHO4.Na/c2-1(3)4-5-1;/h2H;/q-1;+1. The van der Waals surface area contributed by atoms with Gasteiger partial charge in [-0.25, -0.2) is 0 Å². The van der Waals surface area contributed by atoms with Crippen LogP contribution in [0.3, 0.4) is 0 Å². The third-order valence-electron chi connectivity index (χ3n) is 0.226. The van der Waals surface area contributed by atoms with E-state index in [2.05, 4.69) is 9.78 Å². The van der Waals surface area contributed by atoms with E-state index >= 15 is 0 Å². The summed E-state index contributed by atoms with van der Waals surface area (Å²) < 4.78 is 0. The molecule has 1 saturated heterocycles. The van der Waals surface area contributed by atoms with Crippen molar-refractivity contribution >= 4 is 0 Å². The Morgan fingerprint density at radius 2 is 1.67 bits per heavy atom. The smallest absolute Gasteiger partial charge is 0.778 e. The van der Waals surface area contributed by atoms with Crippen molar-refractivity contribution in [3.8, 4) is 0 Å². The van der Waals surface area contributed by atoms with Crippen LogP contribution in [0.4, 0.5) is 0 Å². The molecular formula is CHNaO4. The zero-order valence-electron chi connectivity index (χ0n) is 3.17. The molecule has 1 N–H and O–H groups in total. The maximum absolute atomic E-state index is 9.33. The molecule has 0 amide bonds. The van der Waals surface area contributed by atoms with Gasteiger partial charge in [-0.15, -0.1) is 0 Å². The summed E-state index contributed by atoms with van der Waals surface area (Å²) in [6.45, 7) is 0. The number of hydrogen-bond acceptors (Lipinski definition) is 4. The second-order valence-corrected chi connectivity index (χ2v) is 0.691. The minimum absolute atomic E-state index is 0. The molecule has 0 aromatic heterocycles. The Morgan fingerprint density at radius 3 is 1.67 bits per heavy atom. The van der Waals surface area contributed by atoms with Crippen LogP contribution in [0.5, 0.6) is 0 Å². The molecule has 5 heteroatoms. The fourth-order valence-electron chi connectivity index (χ4n) is 0.0356. The van der Waals surface area contributed by atoms with Crippen molar-refractivity contribution in [1.82, 2.24) is 0 Å². The Bertz CT molecular complexity index is 45.5. The minimum atomic E-state index is -2.50. The molecule has 0 radical (unpaired) electrons. The summed E-state index contributed by atoms with van der Waals surface area (Å²) in [4.78, 5) is 6.79. The van der Waals surface area contributed by atoms with E-state index in [1.54, 1.807) is 0 Å². The van der Waals surface area contributed by atoms with Crippen LogP contribution < -0.4 is 34.7 Å². The third kappa shape index (κ3) is 2.09. The molecular weight excluding hydrogens is 99.0 g/mol. The molecule has 0 aliphatic carbocycles. The molecule has 6 heavy (non-hydrogen) atoms. The van der Waals surface area contributed by atoms with E-state index in [1.165, 1.54) is 0 Å². The van der Waals surface area contributed by atoms with Crippen LogP contribution in [0.1, 0.15) is 0 Å². The molecule has 0 aromatic carbocycles. The molecule has 0 atom stereocenters. The van der Waals surface area contributed by atoms with Crippen molar-refractivity contribution in [3.63, 3.8) is 0 Å². The summed E-state index contributed by atoms with van der Waals surface area (Å²) in [6, 6.07) is 0. The van der Waals surface area contributed by atoms with Crippen LogP contribution in [-0.2, 0) is 9.78 Å². The van der Waals surface area contributed by atoms with Gasteiger partial charge in [-0.3, -0.25) is 0 Å². The number of rotatable bonds is 0. The van der Waals surface area contributed by atoms with Crippen LogP contribution in [0, 0.1) is 0 Å². The summed E-state index contributed by atoms with van der Waals surface area (Å²) in [5, 5.41) is 17.0. The van der Waals surface area contributed by atoms with Crippen molar-refractivity contribution < 1.29 is 49.5 Å². The molecule has 1 heterocycles. The van der Waals surface area contributed by atoms with Crippen LogP contribution in [-0.4, -0.2) is 11.3 Å². The Balaban J connectivity index is 0.000000250. The minimum Gasteiger partial charge on any atom is -0.778 e. The average molecular weight is 100 g/mol. The Labute approximate surface area is 55.9 Å². The molecule has 4 nitrogen and oxygen atoms in total. The van der Waals surface area contributed by atoms with Crippen LogP contribution in [0.15, 0.2) is 0 Å². The Hall–Kier alpha value is 0.840. The Morgan fingerprint density at radius 1 is 1.50 bits per heavy atom. The average Bonchev–Trinajstić information content (AvgIpc) is 1.76. The second-order valence-electron chi connectivity index (χ2n) is 0.691. The van der Waals surface area contributed by atoms with E-state index in [1.807, 2.05) is 0 Å². The van der Waals surface area contributed by atoms with Crippen molar-refractivity contribution in [1.29, 1.82) is 0 Å². The van der Waals surface area contributed by atoms with Gasteiger partial charge >= 0.3 is 29.6 Å². The second kappa shape index (κ2) is 1.75. The van der Waals surface area contributed by atoms with Gasteiger partial charge in [0.15, 0.2) is 0 Å². The van der Waals surface area contributed by atoms with Gasteiger partial charge in [0.05, 0.1) is 0 Å². The first-order valence-electron chi connectivity index (χ1n) is 1.00. The first-order chi connectivity index (χ1) is 2.21. The van der Waals surface area contributed by atoms with E-state index in [0.29, 0.717) is 0 Å². The summed E-state index contributed by atoms with van der Waals surface area (Å²) in [5.74, 6) is 0. The van der Waals surface area contributed by atoms with Gasteiger partial charge in [0, 0.05) is 0 Å². The normalized spacial score (nSPS) is 25.0. The van der Waals surface area contributed by atoms with Gasteiger partial charge in [0.25, 0.3) is 6.16 Å². The van der Waals surface area contributed by atoms with Crippen molar-refractivity contribution in [2.45, 2.75) is 6.16 Å². The molecule has 1 rings (SSSR count). The molecule has 0 unspecified atom stereocenters. The summed E-state index contributed by atoms with van der Waals surface area (Å²) in [5.41, 5.74) is 0. The summed E-state index contributed by atoms with van der Waals surface area (Å²) >= 11 is 0. The van der Waals surface area contributed by atoms with E-state index < -0.39 is 6.16 Å². The zero-order valence-corrected chi connectivity index (χ0v) is 5.17. The Kier molecular flexibility index (Phi) is 2.00. The van der Waals surface area contributed by atoms with E-state index in [0.717, 1.165) is 0 Å². The summed E-state index contributed by atoms with van der Waals surface area (Å²) in [7, 11) is 0. The maximum atomic E-state index is 9.33. The largest absolute Gasteiger partial charge is 1.00 e. The maximum Gasteiger partial charge on any atom is 1.00 e. The van der Waals surface area contributed by atoms with Crippen molar-refractivity contribution in [3.05, 3.63) is 0 Å². The first kappa shape index (κ1) is 6.84. The monoisotopic (exact) mass is 100.0 g/mol. The molecule has 0 spiro atoms. The van der Waals surface area contributed by atoms with Gasteiger partial charge in [-0.2, -0.15) is 9.78 Å². The van der Waals surface area contributed by atoms with Crippen molar-refractivity contribution in [2.75, 3.05) is 0 Å². The summed E-state index contributed by atoms with van der Waals surface area (Å²) in [6.07, 6.45) is -2.50. The molecule has 1 fully saturated rings. The molecule has 0 aromatic rings. The number of hydrogen-bond donors (Lipinski definition) is 1. The van der Waals surface area contributed by atoms with Gasteiger partial charge < -0.3 is 10.2 Å². The van der Waals surface area contributed by atoms with E-state index in [-0.39, 0.29) is 29.6 Å². The van der Waals surface area contributed by atoms with Gasteiger partial charge in [-0.05, 0) is 0 Å². The molecule has 1 aliphatic rings. The molecule has 0 bridgehead atoms. The number of aliphatic hydroxyl groups is 1. The van der Waals surface area contributed by atoms with Gasteiger partial charge in [-0.1, -0.05) is 0 Å². The van der Waals surface area contributed by atoms with Crippen LogP contribution in [0.25, 0.3) is 0 Å². The SMILES string of the molecule is [Na+].[O-]C1(O)OO1. The van der Waals surface area contributed by atoms with Crippen molar-refractivity contribution in [2.24, 2.45) is 0 Å². The fourth-order valence-corrected chi connectivity index (χ4v) is 0.0356. The van der Waals surface area contributed by atoms with Crippen LogP contribution >= 0.6 is 0 Å². The van der Waals surface area contributed by atoms with Gasteiger partial charge in [0.2, 0.25) is 0 Å². The first-order valence-corrected chi connectivity index (χ1v) is 1.00.